The zero-order valence-corrected chi connectivity index (χ0v) is 9.12. The lowest BCUT2D eigenvalue weighted by Gasteiger charge is -2.33. The molecule has 0 radical (unpaired) electrons. The number of anilines is 1. The SMILES string of the molecule is CCC1(C(N)=O)Cc2ccccc2NC1=O. The van der Waals surface area contributed by atoms with Crippen LogP contribution in [-0.2, 0) is 16.0 Å². The minimum Gasteiger partial charge on any atom is -0.369 e. The number of amides is 2. The van der Waals surface area contributed by atoms with Crippen LogP contribution in [0.4, 0.5) is 5.69 Å². The number of carbonyl (C=O) groups is 2. The van der Waals surface area contributed by atoms with E-state index in [1.54, 1.807) is 6.92 Å². The Hall–Kier alpha value is -1.84. The van der Waals surface area contributed by atoms with Crippen molar-refractivity contribution in [1.82, 2.24) is 0 Å². The molecule has 1 unspecified atom stereocenters. The van der Waals surface area contributed by atoms with Gasteiger partial charge in [-0.15, -0.1) is 0 Å². The van der Waals surface area contributed by atoms with Gasteiger partial charge < -0.3 is 11.1 Å². The smallest absolute Gasteiger partial charge is 0.240 e. The number of para-hydroxylation sites is 1. The van der Waals surface area contributed by atoms with Gasteiger partial charge in [0, 0.05) is 5.69 Å². The first-order chi connectivity index (χ1) is 7.60. The monoisotopic (exact) mass is 218 g/mol. The number of hydrogen-bond acceptors (Lipinski definition) is 2. The van der Waals surface area contributed by atoms with Crippen LogP contribution in [0.15, 0.2) is 24.3 Å². The lowest BCUT2D eigenvalue weighted by atomic mass is 9.75. The van der Waals surface area contributed by atoms with Crippen LogP contribution in [0.25, 0.3) is 0 Å². The van der Waals surface area contributed by atoms with Crippen molar-refractivity contribution >= 4 is 17.5 Å². The maximum Gasteiger partial charge on any atom is 0.240 e. The summed E-state index contributed by atoms with van der Waals surface area (Å²) >= 11 is 0. The summed E-state index contributed by atoms with van der Waals surface area (Å²) in [5.74, 6) is -0.844. The molecule has 3 N–H and O–H groups in total. The summed E-state index contributed by atoms with van der Waals surface area (Å²) in [5.41, 5.74) is 6.01. The summed E-state index contributed by atoms with van der Waals surface area (Å²) in [7, 11) is 0. The summed E-state index contributed by atoms with van der Waals surface area (Å²) in [5, 5.41) is 2.74. The molecule has 1 aliphatic rings. The van der Waals surface area contributed by atoms with Crippen molar-refractivity contribution in [1.29, 1.82) is 0 Å². The first kappa shape index (κ1) is 10.7. The van der Waals surface area contributed by atoms with Gasteiger partial charge in [-0.3, -0.25) is 9.59 Å². The lowest BCUT2D eigenvalue weighted by molar-refractivity contribution is -0.139. The second kappa shape index (κ2) is 3.63. The number of rotatable bonds is 2. The van der Waals surface area contributed by atoms with Crippen LogP contribution in [0.5, 0.6) is 0 Å². The van der Waals surface area contributed by atoms with E-state index in [4.69, 9.17) is 5.73 Å². The molecular weight excluding hydrogens is 204 g/mol. The highest BCUT2D eigenvalue weighted by Gasteiger charge is 2.45. The summed E-state index contributed by atoms with van der Waals surface area (Å²) in [6.07, 6.45) is 0.809. The molecular formula is C12H14N2O2. The molecule has 1 aromatic rings. The molecule has 4 heteroatoms. The number of fused-ring (bicyclic) bond motifs is 1. The molecule has 1 heterocycles. The van der Waals surface area contributed by atoms with Crippen LogP contribution in [-0.4, -0.2) is 11.8 Å². The van der Waals surface area contributed by atoms with E-state index in [0.717, 1.165) is 11.3 Å². The van der Waals surface area contributed by atoms with Crippen LogP contribution in [0.3, 0.4) is 0 Å². The molecule has 1 aliphatic heterocycles. The number of carbonyl (C=O) groups excluding carboxylic acids is 2. The first-order valence-electron chi connectivity index (χ1n) is 5.29. The van der Waals surface area contributed by atoms with Crippen molar-refractivity contribution in [2.45, 2.75) is 19.8 Å². The van der Waals surface area contributed by atoms with Crippen LogP contribution in [0.2, 0.25) is 0 Å². The molecule has 0 saturated heterocycles. The molecule has 84 valence electrons. The molecule has 4 nitrogen and oxygen atoms in total. The van der Waals surface area contributed by atoms with Crippen molar-refractivity contribution in [3.63, 3.8) is 0 Å². The summed E-state index contributed by atoms with van der Waals surface area (Å²) in [6, 6.07) is 7.47. The quantitative estimate of drug-likeness (QED) is 0.728. The zero-order valence-electron chi connectivity index (χ0n) is 9.12. The number of hydrogen-bond donors (Lipinski definition) is 2. The van der Waals surface area contributed by atoms with E-state index in [2.05, 4.69) is 5.32 Å². The van der Waals surface area contributed by atoms with Crippen LogP contribution in [0, 0.1) is 5.41 Å². The third kappa shape index (κ3) is 1.38. The van der Waals surface area contributed by atoms with Crippen molar-refractivity contribution in [2.75, 3.05) is 5.32 Å². The van der Waals surface area contributed by atoms with Gasteiger partial charge in [0.15, 0.2) is 0 Å². The predicted octanol–water partition coefficient (Wildman–Crippen LogP) is 1.06. The zero-order chi connectivity index (χ0) is 11.8. The van der Waals surface area contributed by atoms with E-state index < -0.39 is 11.3 Å². The molecule has 0 aromatic heterocycles. The summed E-state index contributed by atoms with van der Waals surface area (Å²) < 4.78 is 0. The Balaban J connectivity index is 2.48. The first-order valence-corrected chi connectivity index (χ1v) is 5.29. The Labute approximate surface area is 93.8 Å². The number of primary amides is 1. The van der Waals surface area contributed by atoms with Crippen LogP contribution >= 0.6 is 0 Å². The molecule has 1 aromatic carbocycles. The van der Waals surface area contributed by atoms with Crippen LogP contribution in [0.1, 0.15) is 18.9 Å². The molecule has 0 bridgehead atoms. The molecule has 0 spiro atoms. The van der Waals surface area contributed by atoms with Gasteiger partial charge in [-0.1, -0.05) is 25.1 Å². The normalized spacial score (nSPS) is 23.4. The standard InChI is InChI=1S/C12H14N2O2/c1-2-12(10(13)15)7-8-5-3-4-6-9(8)14-11(12)16/h3-6H,2,7H2,1H3,(H2,13,15)(H,14,16). The highest BCUT2D eigenvalue weighted by molar-refractivity contribution is 6.12. The van der Waals surface area contributed by atoms with Gasteiger partial charge in [0.2, 0.25) is 11.8 Å². The topological polar surface area (TPSA) is 72.2 Å². The lowest BCUT2D eigenvalue weighted by Crippen LogP contribution is -2.50. The Morgan fingerprint density at radius 3 is 2.81 bits per heavy atom. The van der Waals surface area contributed by atoms with E-state index in [-0.39, 0.29) is 5.91 Å². The van der Waals surface area contributed by atoms with Gasteiger partial charge in [-0.05, 0) is 24.5 Å². The predicted molar refractivity (Wildman–Crippen MR) is 60.7 cm³/mol. The average Bonchev–Trinajstić information content (AvgIpc) is 2.27. The fourth-order valence-corrected chi connectivity index (χ4v) is 2.10. The van der Waals surface area contributed by atoms with Gasteiger partial charge in [0.25, 0.3) is 0 Å². The van der Waals surface area contributed by atoms with Crippen molar-refractivity contribution < 1.29 is 9.59 Å². The number of benzene rings is 1. The second-order valence-electron chi connectivity index (χ2n) is 4.09. The fraction of sp³-hybridized carbons (Fsp3) is 0.333. The van der Waals surface area contributed by atoms with Gasteiger partial charge in [0.1, 0.15) is 5.41 Å². The van der Waals surface area contributed by atoms with Gasteiger partial charge in [-0.2, -0.15) is 0 Å². The third-order valence-electron chi connectivity index (χ3n) is 3.27. The van der Waals surface area contributed by atoms with E-state index in [9.17, 15) is 9.59 Å². The average molecular weight is 218 g/mol. The molecule has 0 fully saturated rings. The highest BCUT2D eigenvalue weighted by Crippen LogP contribution is 2.35. The van der Waals surface area contributed by atoms with E-state index in [0.29, 0.717) is 12.8 Å². The maximum atomic E-state index is 11.9. The number of nitrogens with two attached hydrogens (primary N) is 1. The maximum absolute atomic E-state index is 11.9. The minimum absolute atomic E-state index is 0.291. The highest BCUT2D eigenvalue weighted by atomic mass is 16.2. The number of nitrogens with one attached hydrogen (secondary N) is 1. The van der Waals surface area contributed by atoms with E-state index in [1.165, 1.54) is 0 Å². The third-order valence-corrected chi connectivity index (χ3v) is 3.27. The second-order valence-corrected chi connectivity index (χ2v) is 4.09. The minimum atomic E-state index is -1.09. The largest absolute Gasteiger partial charge is 0.369 e. The van der Waals surface area contributed by atoms with Crippen molar-refractivity contribution in [3.05, 3.63) is 29.8 Å². The van der Waals surface area contributed by atoms with Crippen molar-refractivity contribution in [3.8, 4) is 0 Å². The Kier molecular flexibility index (Phi) is 2.42. The molecule has 2 amide bonds. The van der Waals surface area contributed by atoms with Crippen LogP contribution < -0.4 is 11.1 Å². The molecule has 0 saturated carbocycles. The van der Waals surface area contributed by atoms with Gasteiger partial charge in [0.05, 0.1) is 0 Å². The fourth-order valence-electron chi connectivity index (χ4n) is 2.10. The van der Waals surface area contributed by atoms with E-state index in [1.807, 2.05) is 24.3 Å². The summed E-state index contributed by atoms with van der Waals surface area (Å²) in [4.78, 5) is 23.4. The molecule has 16 heavy (non-hydrogen) atoms. The molecule has 2 rings (SSSR count). The Morgan fingerprint density at radius 1 is 1.50 bits per heavy atom. The summed E-state index contributed by atoms with van der Waals surface area (Å²) in [6.45, 7) is 1.80. The van der Waals surface area contributed by atoms with Gasteiger partial charge in [-0.25, -0.2) is 0 Å². The molecule has 1 atom stereocenters. The van der Waals surface area contributed by atoms with Gasteiger partial charge >= 0.3 is 0 Å². The van der Waals surface area contributed by atoms with E-state index >= 15 is 0 Å². The van der Waals surface area contributed by atoms with Crippen molar-refractivity contribution in [2.24, 2.45) is 11.1 Å². The molecule has 0 aliphatic carbocycles. The Morgan fingerprint density at radius 2 is 2.19 bits per heavy atom. The Bertz CT molecular complexity index is 456.